The van der Waals surface area contributed by atoms with Crippen LogP contribution in [0, 0.1) is 6.92 Å². The average molecular weight is 284 g/mol. The Morgan fingerprint density at radius 2 is 1.95 bits per heavy atom. The minimum atomic E-state index is 0.0261. The van der Waals surface area contributed by atoms with Crippen molar-refractivity contribution < 1.29 is 5.21 Å². The molecule has 1 aromatic carbocycles. The lowest BCUT2D eigenvalue weighted by Crippen LogP contribution is -2.19. The van der Waals surface area contributed by atoms with Crippen molar-refractivity contribution in [3.05, 3.63) is 65.0 Å². The van der Waals surface area contributed by atoms with Crippen molar-refractivity contribution in [2.24, 2.45) is 10.9 Å². The number of rotatable bonds is 5. The molecule has 5 nitrogen and oxygen atoms in total. The predicted octanol–water partition coefficient (Wildman–Crippen LogP) is 2.12. The van der Waals surface area contributed by atoms with Crippen molar-refractivity contribution in [1.29, 1.82) is 0 Å². The smallest absolute Gasteiger partial charge is 0.188 e. The number of nitrogens with two attached hydrogens (primary N) is 1. The van der Waals surface area contributed by atoms with Crippen LogP contribution in [0.1, 0.15) is 22.4 Å². The van der Waals surface area contributed by atoms with Crippen LogP contribution in [0.5, 0.6) is 0 Å². The van der Waals surface area contributed by atoms with Crippen molar-refractivity contribution in [2.75, 3.05) is 7.05 Å². The molecule has 0 bridgehead atoms. The van der Waals surface area contributed by atoms with E-state index >= 15 is 0 Å². The molecular weight excluding hydrogens is 264 g/mol. The number of aromatic nitrogens is 1. The second kappa shape index (κ2) is 6.85. The van der Waals surface area contributed by atoms with Gasteiger partial charge in [0, 0.05) is 19.3 Å². The summed E-state index contributed by atoms with van der Waals surface area (Å²) in [5.74, 6) is 0.0261. The molecule has 0 unspecified atom stereocenters. The molecule has 2 rings (SSSR count). The van der Waals surface area contributed by atoms with Crippen LogP contribution in [0.2, 0.25) is 0 Å². The van der Waals surface area contributed by atoms with E-state index in [9.17, 15) is 0 Å². The zero-order chi connectivity index (χ0) is 15.2. The fourth-order valence-electron chi connectivity index (χ4n) is 2.25. The number of hydrogen-bond donors (Lipinski definition) is 2. The summed E-state index contributed by atoms with van der Waals surface area (Å²) in [5, 5.41) is 11.7. The van der Waals surface area contributed by atoms with Crippen LogP contribution in [0.25, 0.3) is 0 Å². The molecule has 0 fully saturated rings. The Labute approximate surface area is 124 Å². The van der Waals surface area contributed by atoms with Gasteiger partial charge in [-0.2, -0.15) is 0 Å². The minimum Gasteiger partial charge on any atom is -0.409 e. The Kier molecular flexibility index (Phi) is 4.90. The van der Waals surface area contributed by atoms with Gasteiger partial charge in [0.05, 0.1) is 0 Å². The largest absolute Gasteiger partial charge is 0.409 e. The summed E-state index contributed by atoms with van der Waals surface area (Å²) >= 11 is 0. The summed E-state index contributed by atoms with van der Waals surface area (Å²) in [7, 11) is 2.06. The molecule has 1 heterocycles. The number of aryl methyl sites for hydroxylation is 1. The number of oxime groups is 1. The summed E-state index contributed by atoms with van der Waals surface area (Å²) in [6.45, 7) is 3.72. The van der Waals surface area contributed by atoms with Gasteiger partial charge in [-0.05, 0) is 37.2 Å². The summed E-state index contributed by atoms with van der Waals surface area (Å²) in [5.41, 5.74) is 9.66. The molecular formula is C16H20N4O. The molecule has 3 N–H and O–H groups in total. The van der Waals surface area contributed by atoms with E-state index in [2.05, 4.69) is 53.3 Å². The molecule has 0 atom stereocenters. The quantitative estimate of drug-likeness (QED) is 0.382. The third-order valence-corrected chi connectivity index (χ3v) is 3.18. The van der Waals surface area contributed by atoms with Gasteiger partial charge in [0.25, 0.3) is 0 Å². The van der Waals surface area contributed by atoms with E-state index in [-0.39, 0.29) is 5.84 Å². The first-order valence-corrected chi connectivity index (χ1v) is 6.75. The van der Waals surface area contributed by atoms with Gasteiger partial charge in [0.2, 0.25) is 0 Å². The topological polar surface area (TPSA) is 74.7 Å². The van der Waals surface area contributed by atoms with Gasteiger partial charge >= 0.3 is 0 Å². The van der Waals surface area contributed by atoms with Crippen LogP contribution in [-0.2, 0) is 13.1 Å². The van der Waals surface area contributed by atoms with Crippen molar-refractivity contribution in [1.82, 2.24) is 9.88 Å². The number of pyridine rings is 1. The lowest BCUT2D eigenvalue weighted by molar-refractivity contribution is 0.317. The number of amidine groups is 1. The Morgan fingerprint density at radius 1 is 1.24 bits per heavy atom. The van der Waals surface area contributed by atoms with Gasteiger partial charge in [0.15, 0.2) is 5.84 Å². The van der Waals surface area contributed by atoms with Gasteiger partial charge in [-0.15, -0.1) is 0 Å². The van der Waals surface area contributed by atoms with Crippen molar-refractivity contribution in [2.45, 2.75) is 20.0 Å². The van der Waals surface area contributed by atoms with Gasteiger partial charge in [-0.25, -0.2) is 0 Å². The van der Waals surface area contributed by atoms with Gasteiger partial charge in [-0.3, -0.25) is 9.88 Å². The maximum Gasteiger partial charge on any atom is 0.188 e. The monoisotopic (exact) mass is 284 g/mol. The van der Waals surface area contributed by atoms with E-state index in [0.717, 1.165) is 18.7 Å². The molecule has 0 aliphatic heterocycles. The second-order valence-corrected chi connectivity index (χ2v) is 5.20. The van der Waals surface area contributed by atoms with Crippen molar-refractivity contribution in [3.63, 3.8) is 0 Å². The molecule has 0 saturated carbocycles. The number of benzene rings is 1. The van der Waals surface area contributed by atoms with E-state index in [1.165, 1.54) is 11.1 Å². The Hall–Kier alpha value is -2.40. The van der Waals surface area contributed by atoms with Gasteiger partial charge < -0.3 is 10.9 Å². The molecule has 110 valence electrons. The van der Waals surface area contributed by atoms with E-state index in [0.29, 0.717) is 5.69 Å². The standard InChI is InChI=1S/C16H20N4O/c1-12-4-3-5-13(8-12)10-20(2)11-14-6-7-18-15(9-14)16(17)19-21/h3-9,21H,10-11H2,1-2H3,(H2,17,19). The van der Waals surface area contributed by atoms with E-state index in [1.807, 2.05) is 12.1 Å². The average Bonchev–Trinajstić information content (AvgIpc) is 2.46. The highest BCUT2D eigenvalue weighted by molar-refractivity contribution is 5.95. The van der Waals surface area contributed by atoms with Crippen molar-refractivity contribution >= 4 is 5.84 Å². The van der Waals surface area contributed by atoms with Gasteiger partial charge in [0.1, 0.15) is 5.69 Å². The first kappa shape index (κ1) is 15.0. The molecule has 5 heteroatoms. The highest BCUT2D eigenvalue weighted by Gasteiger charge is 2.06. The molecule has 1 aromatic heterocycles. The SMILES string of the molecule is Cc1cccc(CN(C)Cc2ccnc(C(N)=NO)c2)c1. The second-order valence-electron chi connectivity index (χ2n) is 5.20. The summed E-state index contributed by atoms with van der Waals surface area (Å²) in [6, 6.07) is 12.2. The Bertz CT molecular complexity index is 640. The van der Waals surface area contributed by atoms with Crippen LogP contribution >= 0.6 is 0 Å². The fourth-order valence-corrected chi connectivity index (χ4v) is 2.25. The Morgan fingerprint density at radius 3 is 2.62 bits per heavy atom. The third kappa shape index (κ3) is 4.29. The first-order chi connectivity index (χ1) is 10.1. The summed E-state index contributed by atoms with van der Waals surface area (Å²) < 4.78 is 0. The number of nitrogens with zero attached hydrogens (tertiary/aromatic N) is 3. The van der Waals surface area contributed by atoms with Crippen LogP contribution in [-0.4, -0.2) is 28.0 Å². The molecule has 0 spiro atoms. The zero-order valence-electron chi connectivity index (χ0n) is 12.3. The molecule has 0 amide bonds. The lowest BCUT2D eigenvalue weighted by atomic mass is 10.1. The van der Waals surface area contributed by atoms with Crippen molar-refractivity contribution in [3.8, 4) is 0 Å². The van der Waals surface area contributed by atoms with E-state index in [1.54, 1.807) is 6.20 Å². The molecule has 0 aliphatic rings. The highest BCUT2D eigenvalue weighted by Crippen LogP contribution is 2.10. The fraction of sp³-hybridized carbons (Fsp3) is 0.250. The van der Waals surface area contributed by atoms with Crippen LogP contribution in [0.4, 0.5) is 0 Å². The molecule has 0 aliphatic carbocycles. The van der Waals surface area contributed by atoms with E-state index in [4.69, 9.17) is 10.9 Å². The molecule has 2 aromatic rings. The molecule has 21 heavy (non-hydrogen) atoms. The van der Waals surface area contributed by atoms with Crippen LogP contribution < -0.4 is 5.73 Å². The highest BCUT2D eigenvalue weighted by atomic mass is 16.4. The maximum atomic E-state index is 8.69. The molecule has 0 saturated heterocycles. The third-order valence-electron chi connectivity index (χ3n) is 3.18. The van der Waals surface area contributed by atoms with Crippen LogP contribution in [0.3, 0.4) is 0 Å². The first-order valence-electron chi connectivity index (χ1n) is 6.75. The summed E-state index contributed by atoms with van der Waals surface area (Å²) in [6.07, 6.45) is 1.67. The lowest BCUT2D eigenvalue weighted by Gasteiger charge is -2.17. The summed E-state index contributed by atoms with van der Waals surface area (Å²) in [4.78, 5) is 6.29. The normalized spacial score (nSPS) is 11.9. The predicted molar refractivity (Wildman–Crippen MR) is 83.1 cm³/mol. The minimum absolute atomic E-state index is 0.0261. The number of hydrogen-bond acceptors (Lipinski definition) is 4. The zero-order valence-corrected chi connectivity index (χ0v) is 12.3. The van der Waals surface area contributed by atoms with Gasteiger partial charge in [-0.1, -0.05) is 35.0 Å². The van der Waals surface area contributed by atoms with E-state index < -0.39 is 0 Å². The molecule has 0 radical (unpaired) electrons. The Balaban J connectivity index is 2.04. The van der Waals surface area contributed by atoms with Crippen LogP contribution in [0.15, 0.2) is 47.8 Å². The maximum absolute atomic E-state index is 8.69.